The monoisotopic (exact) mass is 372 g/mol. The van der Waals surface area contributed by atoms with E-state index in [0.29, 0.717) is 5.92 Å². The molecule has 0 heterocycles. The van der Waals surface area contributed by atoms with Gasteiger partial charge in [0, 0.05) is 0 Å². The molecule has 0 aromatic heterocycles. The summed E-state index contributed by atoms with van der Waals surface area (Å²) in [5.41, 5.74) is 4.07. The molecule has 4 rings (SSSR count). The van der Waals surface area contributed by atoms with Gasteiger partial charge in [0.25, 0.3) is 0 Å². The molecule has 0 saturated heterocycles. The van der Waals surface area contributed by atoms with E-state index in [2.05, 4.69) is 107 Å². The van der Waals surface area contributed by atoms with Crippen molar-refractivity contribution < 1.29 is 0 Å². The second kappa shape index (κ2) is 11.3. The van der Waals surface area contributed by atoms with Crippen molar-refractivity contribution in [3.05, 3.63) is 95.6 Å². The molecule has 0 fully saturated rings. The molecule has 28 heavy (non-hydrogen) atoms. The highest BCUT2D eigenvalue weighted by Crippen LogP contribution is 2.20. The number of hydrogen-bond donors (Lipinski definition) is 0. The van der Waals surface area contributed by atoms with Crippen LogP contribution >= 0.6 is 0 Å². The van der Waals surface area contributed by atoms with E-state index in [0.717, 1.165) is 0 Å². The van der Waals surface area contributed by atoms with E-state index in [9.17, 15) is 0 Å². The zero-order valence-corrected chi connectivity index (χ0v) is 17.6. The fourth-order valence-electron chi connectivity index (χ4n) is 3.05. The van der Waals surface area contributed by atoms with Crippen LogP contribution < -0.4 is 0 Å². The van der Waals surface area contributed by atoms with Gasteiger partial charge in [0.1, 0.15) is 0 Å². The SMILES string of the molecule is C.CC.CC(C)c1ccc2ccccc2c1.Cc1ccc2cc(C)ccc2c1. The van der Waals surface area contributed by atoms with E-state index in [-0.39, 0.29) is 7.43 Å². The van der Waals surface area contributed by atoms with Crippen LogP contribution in [-0.2, 0) is 0 Å². The van der Waals surface area contributed by atoms with Crippen LogP contribution in [0.2, 0.25) is 0 Å². The molecule has 0 aliphatic heterocycles. The zero-order valence-electron chi connectivity index (χ0n) is 17.6. The summed E-state index contributed by atoms with van der Waals surface area (Å²) in [6.45, 7) is 12.7. The average molecular weight is 373 g/mol. The number of fused-ring (bicyclic) bond motifs is 2. The molecule has 0 nitrogen and oxygen atoms in total. The highest BCUT2D eigenvalue weighted by Gasteiger charge is 1.99. The summed E-state index contributed by atoms with van der Waals surface area (Å²) in [4.78, 5) is 0. The van der Waals surface area contributed by atoms with Crippen LogP contribution in [0.15, 0.2) is 78.9 Å². The van der Waals surface area contributed by atoms with Gasteiger partial charge in [0.2, 0.25) is 0 Å². The maximum atomic E-state index is 2.28. The van der Waals surface area contributed by atoms with Gasteiger partial charge >= 0.3 is 0 Å². The third-order valence-electron chi connectivity index (χ3n) is 4.59. The molecule has 0 heteroatoms. The van der Waals surface area contributed by atoms with Crippen molar-refractivity contribution >= 4 is 21.5 Å². The molecule has 0 bridgehead atoms. The Kier molecular flexibility index (Phi) is 9.45. The second-order valence-corrected chi connectivity index (χ2v) is 7.12. The van der Waals surface area contributed by atoms with E-state index in [1.165, 1.54) is 38.2 Å². The minimum atomic E-state index is 0. The molecule has 4 aromatic rings. The maximum Gasteiger partial charge on any atom is -0.0181 e. The Bertz CT molecular complexity index is 952. The number of aryl methyl sites for hydroxylation is 2. The van der Waals surface area contributed by atoms with Crippen molar-refractivity contribution in [1.82, 2.24) is 0 Å². The van der Waals surface area contributed by atoms with Crippen LogP contribution in [-0.4, -0.2) is 0 Å². The fourth-order valence-corrected chi connectivity index (χ4v) is 3.05. The van der Waals surface area contributed by atoms with E-state index < -0.39 is 0 Å². The fraction of sp³-hybridized carbons (Fsp3) is 0.286. The van der Waals surface area contributed by atoms with E-state index in [4.69, 9.17) is 0 Å². The Labute approximate surface area is 172 Å². The molecular formula is C28H36. The van der Waals surface area contributed by atoms with Crippen LogP contribution in [0.4, 0.5) is 0 Å². The van der Waals surface area contributed by atoms with Gasteiger partial charge in [0.15, 0.2) is 0 Å². The van der Waals surface area contributed by atoms with Crippen LogP contribution in [0, 0.1) is 13.8 Å². The summed E-state index contributed by atoms with van der Waals surface area (Å²) in [7, 11) is 0. The highest BCUT2D eigenvalue weighted by atomic mass is 14.0. The van der Waals surface area contributed by atoms with E-state index in [1.54, 1.807) is 0 Å². The Balaban J connectivity index is 0.000000250. The molecule has 0 unspecified atom stereocenters. The average Bonchev–Trinajstić information content (AvgIpc) is 2.70. The third-order valence-corrected chi connectivity index (χ3v) is 4.59. The van der Waals surface area contributed by atoms with E-state index >= 15 is 0 Å². The summed E-state index contributed by atoms with van der Waals surface area (Å²) >= 11 is 0. The molecule has 0 aliphatic rings. The Morgan fingerprint density at radius 2 is 0.964 bits per heavy atom. The first-order chi connectivity index (χ1) is 13.0. The van der Waals surface area contributed by atoms with Gasteiger partial charge in [-0.1, -0.05) is 125 Å². The van der Waals surface area contributed by atoms with Gasteiger partial charge < -0.3 is 0 Å². The smallest absolute Gasteiger partial charge is 0.0181 e. The highest BCUT2D eigenvalue weighted by molar-refractivity contribution is 5.84. The van der Waals surface area contributed by atoms with Crippen molar-refractivity contribution in [3.63, 3.8) is 0 Å². The predicted octanol–water partition coefficient (Wildman–Crippen LogP) is 9.08. The van der Waals surface area contributed by atoms with Crippen LogP contribution in [0.1, 0.15) is 57.7 Å². The summed E-state index contributed by atoms with van der Waals surface area (Å²) in [6.07, 6.45) is 0. The molecular weight excluding hydrogens is 336 g/mol. The second-order valence-electron chi connectivity index (χ2n) is 7.12. The molecule has 4 aromatic carbocycles. The Hall–Kier alpha value is -2.60. The van der Waals surface area contributed by atoms with Gasteiger partial charge in [-0.3, -0.25) is 0 Å². The lowest BCUT2D eigenvalue weighted by Crippen LogP contribution is -1.85. The summed E-state index contributed by atoms with van der Waals surface area (Å²) in [6, 6.07) is 28.3. The van der Waals surface area contributed by atoms with Crippen molar-refractivity contribution in [1.29, 1.82) is 0 Å². The molecule has 0 atom stereocenters. The van der Waals surface area contributed by atoms with Crippen molar-refractivity contribution in [2.24, 2.45) is 0 Å². The molecule has 0 amide bonds. The van der Waals surface area contributed by atoms with E-state index in [1.807, 2.05) is 13.8 Å². The molecule has 0 aliphatic carbocycles. The van der Waals surface area contributed by atoms with Gasteiger partial charge in [-0.2, -0.15) is 0 Å². The van der Waals surface area contributed by atoms with Crippen molar-refractivity contribution in [2.75, 3.05) is 0 Å². The van der Waals surface area contributed by atoms with Gasteiger partial charge in [-0.15, -0.1) is 0 Å². The number of hydrogen-bond acceptors (Lipinski definition) is 0. The minimum absolute atomic E-state index is 0. The lowest BCUT2D eigenvalue weighted by molar-refractivity contribution is 0.869. The minimum Gasteiger partial charge on any atom is -0.0776 e. The molecule has 0 radical (unpaired) electrons. The van der Waals surface area contributed by atoms with Crippen LogP contribution in [0.3, 0.4) is 0 Å². The quantitative estimate of drug-likeness (QED) is 0.312. The number of rotatable bonds is 1. The van der Waals surface area contributed by atoms with Gasteiger partial charge in [-0.25, -0.2) is 0 Å². The summed E-state index contributed by atoms with van der Waals surface area (Å²) < 4.78 is 0. The number of benzene rings is 4. The molecule has 0 saturated carbocycles. The van der Waals surface area contributed by atoms with Gasteiger partial charge in [-0.05, 0) is 46.9 Å². The standard InChI is InChI=1S/C13H14.C12H12.C2H6.CH4/c1-10(2)12-8-7-11-5-3-4-6-13(11)9-12;1-9-3-5-12-8-10(2)4-6-11(12)7-9;1-2;/h3-10H,1-2H3;3-8H,1-2H3;1-2H3;1H4. The largest absolute Gasteiger partial charge is 0.0776 e. The third kappa shape index (κ3) is 6.23. The maximum absolute atomic E-state index is 2.28. The molecule has 0 N–H and O–H groups in total. The first kappa shape index (κ1) is 23.4. The van der Waals surface area contributed by atoms with Crippen molar-refractivity contribution in [2.45, 2.75) is 54.9 Å². The van der Waals surface area contributed by atoms with Crippen LogP contribution in [0.5, 0.6) is 0 Å². The van der Waals surface area contributed by atoms with Gasteiger partial charge in [0.05, 0.1) is 0 Å². The summed E-state index contributed by atoms with van der Waals surface area (Å²) in [5.74, 6) is 0.615. The lowest BCUT2D eigenvalue weighted by Gasteiger charge is -2.06. The normalized spacial score (nSPS) is 9.82. The van der Waals surface area contributed by atoms with Crippen LogP contribution in [0.25, 0.3) is 21.5 Å². The Morgan fingerprint density at radius 1 is 0.536 bits per heavy atom. The zero-order chi connectivity index (χ0) is 19.8. The van der Waals surface area contributed by atoms with Crippen molar-refractivity contribution in [3.8, 4) is 0 Å². The first-order valence-corrected chi connectivity index (χ1v) is 9.98. The predicted molar refractivity (Wildman–Crippen MR) is 130 cm³/mol. The topological polar surface area (TPSA) is 0 Å². The molecule has 148 valence electrons. The molecule has 0 spiro atoms. The summed E-state index contributed by atoms with van der Waals surface area (Å²) in [5, 5.41) is 5.34. The first-order valence-electron chi connectivity index (χ1n) is 9.98. The lowest BCUT2D eigenvalue weighted by atomic mass is 9.99. The Morgan fingerprint density at radius 3 is 1.46 bits per heavy atom.